The van der Waals surface area contributed by atoms with Gasteiger partial charge in [0.25, 0.3) is 0 Å². The number of hydrogen-bond acceptors (Lipinski definition) is 2. The number of benzene rings is 1. The van der Waals surface area contributed by atoms with Crippen LogP contribution in [-0.4, -0.2) is 19.0 Å². The summed E-state index contributed by atoms with van der Waals surface area (Å²) in [5.41, 5.74) is 6.71. The van der Waals surface area contributed by atoms with Crippen molar-refractivity contribution in [1.82, 2.24) is 5.32 Å². The summed E-state index contributed by atoms with van der Waals surface area (Å²) < 4.78 is 0. The monoisotopic (exact) mass is 284 g/mol. The van der Waals surface area contributed by atoms with Crippen molar-refractivity contribution >= 4 is 18.3 Å². The van der Waals surface area contributed by atoms with E-state index in [0.29, 0.717) is 19.5 Å². The molecule has 0 bridgehead atoms. The Bertz CT molecular complexity index is 364. The third kappa shape index (κ3) is 4.84. The van der Waals surface area contributed by atoms with Gasteiger partial charge in [-0.05, 0) is 18.4 Å². The Morgan fingerprint density at radius 1 is 1.21 bits per heavy atom. The van der Waals surface area contributed by atoms with Gasteiger partial charge in [0, 0.05) is 24.9 Å². The van der Waals surface area contributed by atoms with Crippen LogP contribution in [0, 0.1) is 0 Å². The summed E-state index contributed by atoms with van der Waals surface area (Å²) in [6, 6.07) is 10.4. The molecular formula is C15H25ClN2O. The molecule has 0 saturated heterocycles. The minimum absolute atomic E-state index is 0. The second kappa shape index (κ2) is 8.94. The summed E-state index contributed by atoms with van der Waals surface area (Å²) in [7, 11) is 0. The first-order chi connectivity index (χ1) is 8.68. The third-order valence-corrected chi connectivity index (χ3v) is 3.74. The number of hydrogen-bond donors (Lipinski definition) is 2. The molecule has 19 heavy (non-hydrogen) atoms. The first-order valence-electron chi connectivity index (χ1n) is 6.71. The van der Waals surface area contributed by atoms with Gasteiger partial charge in [-0.25, -0.2) is 0 Å². The van der Waals surface area contributed by atoms with Gasteiger partial charge in [0.1, 0.15) is 0 Å². The predicted molar refractivity (Wildman–Crippen MR) is 82.6 cm³/mol. The van der Waals surface area contributed by atoms with Crippen LogP contribution in [0.5, 0.6) is 0 Å². The standard InChI is InChI=1S/C15H24N2O.ClH/c1-3-15(4-2,12-17-14(18)10-11-16)13-8-6-5-7-9-13;/h5-9H,3-4,10-12,16H2,1-2H3,(H,17,18);1H. The maximum absolute atomic E-state index is 11.6. The van der Waals surface area contributed by atoms with Crippen molar-refractivity contribution < 1.29 is 4.79 Å². The Morgan fingerprint density at radius 3 is 2.26 bits per heavy atom. The van der Waals surface area contributed by atoms with Gasteiger partial charge >= 0.3 is 0 Å². The molecule has 1 rings (SSSR count). The maximum atomic E-state index is 11.6. The lowest BCUT2D eigenvalue weighted by Crippen LogP contribution is -2.40. The molecule has 0 aliphatic rings. The van der Waals surface area contributed by atoms with Crippen LogP contribution in [0.25, 0.3) is 0 Å². The zero-order valence-electron chi connectivity index (χ0n) is 11.8. The number of carbonyl (C=O) groups excluding carboxylic acids is 1. The lowest BCUT2D eigenvalue weighted by molar-refractivity contribution is -0.121. The van der Waals surface area contributed by atoms with Gasteiger partial charge in [0.2, 0.25) is 5.91 Å². The van der Waals surface area contributed by atoms with E-state index in [1.54, 1.807) is 0 Å². The smallest absolute Gasteiger partial charge is 0.221 e. The van der Waals surface area contributed by atoms with Crippen LogP contribution < -0.4 is 11.1 Å². The van der Waals surface area contributed by atoms with Crippen LogP contribution in [-0.2, 0) is 10.2 Å². The molecule has 0 spiro atoms. The molecule has 0 radical (unpaired) electrons. The third-order valence-electron chi connectivity index (χ3n) is 3.74. The number of rotatable bonds is 7. The number of amides is 1. The Hall–Kier alpha value is -1.06. The van der Waals surface area contributed by atoms with Crippen molar-refractivity contribution in [2.75, 3.05) is 13.1 Å². The lowest BCUT2D eigenvalue weighted by atomic mass is 9.76. The van der Waals surface area contributed by atoms with E-state index in [1.807, 2.05) is 6.07 Å². The summed E-state index contributed by atoms with van der Waals surface area (Å²) in [4.78, 5) is 11.6. The number of halogens is 1. The van der Waals surface area contributed by atoms with Crippen molar-refractivity contribution in [3.05, 3.63) is 35.9 Å². The van der Waals surface area contributed by atoms with Gasteiger partial charge in [0.15, 0.2) is 0 Å². The quantitative estimate of drug-likeness (QED) is 0.809. The topological polar surface area (TPSA) is 55.1 Å². The molecule has 4 heteroatoms. The van der Waals surface area contributed by atoms with E-state index >= 15 is 0 Å². The van der Waals surface area contributed by atoms with Gasteiger partial charge in [-0.3, -0.25) is 4.79 Å². The SMILES string of the molecule is CCC(CC)(CNC(=O)CCN)c1ccccc1.Cl. The van der Waals surface area contributed by atoms with Gasteiger partial charge < -0.3 is 11.1 Å². The van der Waals surface area contributed by atoms with Crippen molar-refractivity contribution in [3.63, 3.8) is 0 Å². The maximum Gasteiger partial charge on any atom is 0.221 e. The van der Waals surface area contributed by atoms with Crippen LogP contribution >= 0.6 is 12.4 Å². The van der Waals surface area contributed by atoms with Crippen LogP contribution in [0.1, 0.15) is 38.7 Å². The van der Waals surface area contributed by atoms with Gasteiger partial charge in [0.05, 0.1) is 0 Å². The number of carbonyl (C=O) groups is 1. The minimum Gasteiger partial charge on any atom is -0.355 e. The van der Waals surface area contributed by atoms with Crippen molar-refractivity contribution in [2.24, 2.45) is 5.73 Å². The van der Waals surface area contributed by atoms with E-state index in [2.05, 4.69) is 43.4 Å². The normalized spacial score (nSPS) is 10.7. The van der Waals surface area contributed by atoms with E-state index in [9.17, 15) is 4.79 Å². The minimum atomic E-state index is 0. The predicted octanol–water partition coefficient (Wildman–Crippen LogP) is 2.63. The van der Waals surface area contributed by atoms with E-state index in [1.165, 1.54) is 5.56 Å². The highest BCUT2D eigenvalue weighted by Crippen LogP contribution is 2.30. The van der Waals surface area contributed by atoms with Crippen LogP contribution in [0.2, 0.25) is 0 Å². The van der Waals surface area contributed by atoms with Gasteiger partial charge in [-0.15, -0.1) is 12.4 Å². The fourth-order valence-electron chi connectivity index (χ4n) is 2.29. The van der Waals surface area contributed by atoms with Crippen molar-refractivity contribution in [2.45, 2.75) is 38.5 Å². The molecule has 1 aromatic rings. The molecule has 3 N–H and O–H groups in total. The molecule has 3 nitrogen and oxygen atoms in total. The zero-order valence-corrected chi connectivity index (χ0v) is 12.6. The lowest BCUT2D eigenvalue weighted by Gasteiger charge is -2.32. The van der Waals surface area contributed by atoms with Crippen molar-refractivity contribution in [3.8, 4) is 0 Å². The molecule has 1 amide bonds. The molecule has 0 fully saturated rings. The summed E-state index contributed by atoms with van der Waals surface area (Å²) in [6.45, 7) is 5.43. The molecule has 0 aliphatic heterocycles. The molecular weight excluding hydrogens is 260 g/mol. The summed E-state index contributed by atoms with van der Waals surface area (Å²) in [6.07, 6.45) is 2.42. The van der Waals surface area contributed by atoms with E-state index in [0.717, 1.165) is 12.8 Å². The summed E-state index contributed by atoms with van der Waals surface area (Å²) in [5.74, 6) is 0.0414. The highest BCUT2D eigenvalue weighted by Gasteiger charge is 2.28. The van der Waals surface area contributed by atoms with E-state index < -0.39 is 0 Å². The fourth-order valence-corrected chi connectivity index (χ4v) is 2.29. The first kappa shape index (κ1) is 17.9. The zero-order chi connectivity index (χ0) is 13.4. The molecule has 1 aromatic carbocycles. The second-order valence-electron chi connectivity index (χ2n) is 4.67. The average molecular weight is 285 g/mol. The molecule has 0 aliphatic carbocycles. The molecule has 0 aromatic heterocycles. The fraction of sp³-hybridized carbons (Fsp3) is 0.533. The van der Waals surface area contributed by atoms with E-state index in [4.69, 9.17) is 5.73 Å². The Labute approximate surface area is 122 Å². The Morgan fingerprint density at radius 2 is 1.79 bits per heavy atom. The summed E-state index contributed by atoms with van der Waals surface area (Å²) in [5, 5.41) is 3.01. The number of nitrogens with two attached hydrogens (primary N) is 1. The second-order valence-corrected chi connectivity index (χ2v) is 4.67. The molecule has 0 unspecified atom stereocenters. The van der Waals surface area contributed by atoms with Crippen LogP contribution in [0.4, 0.5) is 0 Å². The van der Waals surface area contributed by atoms with Gasteiger partial charge in [-0.2, -0.15) is 0 Å². The van der Waals surface area contributed by atoms with Gasteiger partial charge in [-0.1, -0.05) is 44.2 Å². The summed E-state index contributed by atoms with van der Waals surface area (Å²) >= 11 is 0. The van der Waals surface area contributed by atoms with Crippen LogP contribution in [0.3, 0.4) is 0 Å². The van der Waals surface area contributed by atoms with E-state index in [-0.39, 0.29) is 23.7 Å². The highest BCUT2D eigenvalue weighted by atomic mass is 35.5. The molecule has 108 valence electrons. The molecule has 0 saturated carbocycles. The highest BCUT2D eigenvalue weighted by molar-refractivity contribution is 5.85. The number of nitrogens with one attached hydrogen (secondary N) is 1. The molecule has 0 atom stereocenters. The largest absolute Gasteiger partial charge is 0.355 e. The Kier molecular flexibility index (Phi) is 8.44. The Balaban J connectivity index is 0.00000324. The first-order valence-corrected chi connectivity index (χ1v) is 6.71. The van der Waals surface area contributed by atoms with Crippen molar-refractivity contribution in [1.29, 1.82) is 0 Å². The average Bonchev–Trinajstić information content (AvgIpc) is 2.42. The van der Waals surface area contributed by atoms with Crippen LogP contribution in [0.15, 0.2) is 30.3 Å². The molecule has 0 heterocycles.